The quantitative estimate of drug-likeness (QED) is 0.778. The summed E-state index contributed by atoms with van der Waals surface area (Å²) in [5.41, 5.74) is 1.49. The zero-order chi connectivity index (χ0) is 11.6. The average Bonchev–Trinajstić information content (AvgIpc) is 2.23. The van der Waals surface area contributed by atoms with E-state index in [1.807, 2.05) is 30.3 Å². The fourth-order valence-electron chi connectivity index (χ4n) is 2.11. The van der Waals surface area contributed by atoms with E-state index >= 15 is 0 Å². The second kappa shape index (κ2) is 4.05. The summed E-state index contributed by atoms with van der Waals surface area (Å²) in [6.45, 7) is 6.69. The Bertz CT molecular complexity index is 412. The van der Waals surface area contributed by atoms with Gasteiger partial charge in [-0.15, -0.1) is 0 Å². The van der Waals surface area contributed by atoms with Gasteiger partial charge < -0.3 is 9.64 Å². The maximum Gasteiger partial charge on any atom is 0.174 e. The number of nitriles is 1. The first kappa shape index (κ1) is 10.8. The van der Waals surface area contributed by atoms with Crippen LogP contribution < -0.4 is 9.64 Å². The maximum absolute atomic E-state index is 8.52. The largest absolute Gasteiger partial charge is 0.477 e. The number of hydrogen-bond acceptors (Lipinski definition) is 3. The Balaban J connectivity index is 2.12. The van der Waals surface area contributed by atoms with Gasteiger partial charge >= 0.3 is 0 Å². The van der Waals surface area contributed by atoms with Gasteiger partial charge in [0.05, 0.1) is 5.69 Å². The van der Waals surface area contributed by atoms with Crippen LogP contribution in [0.2, 0.25) is 0 Å². The van der Waals surface area contributed by atoms with Crippen LogP contribution in [-0.4, -0.2) is 19.7 Å². The third kappa shape index (κ3) is 2.11. The Morgan fingerprint density at radius 3 is 2.69 bits per heavy atom. The van der Waals surface area contributed by atoms with E-state index in [4.69, 9.17) is 10.00 Å². The molecule has 0 N–H and O–H groups in total. The van der Waals surface area contributed by atoms with Crippen molar-refractivity contribution in [3.05, 3.63) is 24.3 Å². The molecule has 1 saturated heterocycles. The molecule has 1 aliphatic rings. The molecule has 1 aliphatic heterocycles. The van der Waals surface area contributed by atoms with Crippen LogP contribution in [0.5, 0.6) is 5.75 Å². The lowest BCUT2D eigenvalue weighted by atomic mass is 9.84. The van der Waals surface area contributed by atoms with Crippen LogP contribution >= 0.6 is 0 Å². The van der Waals surface area contributed by atoms with Gasteiger partial charge in [-0.05, 0) is 17.5 Å². The zero-order valence-corrected chi connectivity index (χ0v) is 9.73. The van der Waals surface area contributed by atoms with E-state index in [0.717, 1.165) is 24.5 Å². The van der Waals surface area contributed by atoms with Crippen molar-refractivity contribution in [1.82, 2.24) is 0 Å². The second-order valence-corrected chi connectivity index (χ2v) is 4.93. The van der Waals surface area contributed by atoms with Gasteiger partial charge in [-0.2, -0.15) is 5.26 Å². The molecule has 1 fully saturated rings. The summed E-state index contributed by atoms with van der Waals surface area (Å²) in [7, 11) is 0. The molecule has 0 spiro atoms. The van der Waals surface area contributed by atoms with Crippen LogP contribution in [0.15, 0.2) is 24.3 Å². The first-order valence-electron chi connectivity index (χ1n) is 5.46. The van der Waals surface area contributed by atoms with Gasteiger partial charge in [-0.1, -0.05) is 26.0 Å². The van der Waals surface area contributed by atoms with E-state index < -0.39 is 0 Å². The van der Waals surface area contributed by atoms with Crippen LogP contribution in [0.1, 0.15) is 13.8 Å². The molecule has 1 aromatic rings. The van der Waals surface area contributed by atoms with Crippen molar-refractivity contribution in [3.63, 3.8) is 0 Å². The molecule has 0 radical (unpaired) electrons. The van der Waals surface area contributed by atoms with Gasteiger partial charge in [0.2, 0.25) is 0 Å². The number of benzene rings is 1. The molecule has 0 atom stereocenters. The zero-order valence-electron chi connectivity index (χ0n) is 9.73. The van der Waals surface area contributed by atoms with Crippen LogP contribution in [-0.2, 0) is 0 Å². The molecule has 0 bridgehead atoms. The normalized spacial score (nSPS) is 17.4. The number of para-hydroxylation sites is 2. The van der Waals surface area contributed by atoms with E-state index in [9.17, 15) is 0 Å². The molecule has 0 aliphatic carbocycles. The number of nitrogens with zero attached hydrogens (tertiary/aromatic N) is 2. The molecule has 84 valence electrons. The predicted octanol–water partition coefficient (Wildman–Crippen LogP) is 2.44. The van der Waals surface area contributed by atoms with E-state index in [2.05, 4.69) is 18.7 Å². The predicted molar refractivity (Wildman–Crippen MR) is 63.5 cm³/mol. The molecule has 1 aromatic carbocycles. The van der Waals surface area contributed by atoms with Gasteiger partial charge in [-0.3, -0.25) is 0 Å². The molecule has 3 heteroatoms. The summed E-state index contributed by atoms with van der Waals surface area (Å²) in [6, 6.07) is 9.88. The highest BCUT2D eigenvalue weighted by Crippen LogP contribution is 2.38. The molecular formula is C13H16N2O. The molecule has 16 heavy (non-hydrogen) atoms. The molecule has 0 aromatic heterocycles. The highest BCUT2D eigenvalue weighted by Gasteiger charge is 2.35. The first-order chi connectivity index (χ1) is 7.62. The van der Waals surface area contributed by atoms with Crippen molar-refractivity contribution < 1.29 is 4.74 Å². The summed E-state index contributed by atoms with van der Waals surface area (Å²) in [5, 5.41) is 8.52. The van der Waals surface area contributed by atoms with Gasteiger partial charge in [0.15, 0.2) is 6.61 Å². The standard InChI is InChI=1S/C13H16N2O/c1-13(2)9-15(10-13)11-5-3-4-6-12(11)16-8-7-14/h3-6H,8-10H2,1-2H3. The summed E-state index contributed by atoms with van der Waals surface area (Å²) < 4.78 is 5.41. The number of hydrogen-bond donors (Lipinski definition) is 0. The highest BCUT2D eigenvalue weighted by molar-refractivity contribution is 5.60. The van der Waals surface area contributed by atoms with Gasteiger partial charge in [0.1, 0.15) is 11.8 Å². The summed E-state index contributed by atoms with van der Waals surface area (Å²) in [5.74, 6) is 0.805. The van der Waals surface area contributed by atoms with Crippen molar-refractivity contribution in [3.8, 4) is 11.8 Å². The van der Waals surface area contributed by atoms with Crippen molar-refractivity contribution >= 4 is 5.69 Å². The lowest BCUT2D eigenvalue weighted by Crippen LogP contribution is -2.53. The SMILES string of the molecule is CC1(C)CN(c2ccccc2OCC#N)C1. The summed E-state index contributed by atoms with van der Waals surface area (Å²) in [4.78, 5) is 2.28. The molecular weight excluding hydrogens is 200 g/mol. The topological polar surface area (TPSA) is 36.3 Å². The molecule has 1 heterocycles. The number of rotatable bonds is 3. The van der Waals surface area contributed by atoms with Crippen LogP contribution in [0.25, 0.3) is 0 Å². The van der Waals surface area contributed by atoms with Crippen molar-refractivity contribution in [2.45, 2.75) is 13.8 Å². The van der Waals surface area contributed by atoms with E-state index in [0.29, 0.717) is 5.41 Å². The van der Waals surface area contributed by atoms with Gasteiger partial charge in [0.25, 0.3) is 0 Å². The van der Waals surface area contributed by atoms with E-state index in [1.54, 1.807) is 0 Å². The third-order valence-corrected chi connectivity index (χ3v) is 2.74. The molecule has 2 rings (SSSR count). The first-order valence-corrected chi connectivity index (χ1v) is 5.46. The molecule has 0 saturated carbocycles. The Hall–Kier alpha value is -1.69. The van der Waals surface area contributed by atoms with Crippen molar-refractivity contribution in [1.29, 1.82) is 5.26 Å². The Kier molecular flexibility index (Phi) is 2.74. The summed E-state index contributed by atoms with van der Waals surface area (Å²) >= 11 is 0. The Morgan fingerprint density at radius 1 is 1.38 bits per heavy atom. The van der Waals surface area contributed by atoms with Crippen LogP contribution in [0.4, 0.5) is 5.69 Å². The average molecular weight is 216 g/mol. The number of ether oxygens (including phenoxy) is 1. The third-order valence-electron chi connectivity index (χ3n) is 2.74. The Labute approximate surface area is 96.2 Å². The van der Waals surface area contributed by atoms with Crippen LogP contribution in [0.3, 0.4) is 0 Å². The fourth-order valence-corrected chi connectivity index (χ4v) is 2.11. The van der Waals surface area contributed by atoms with Gasteiger partial charge in [-0.25, -0.2) is 0 Å². The maximum atomic E-state index is 8.52. The lowest BCUT2D eigenvalue weighted by Gasteiger charge is -2.47. The molecule has 0 amide bonds. The van der Waals surface area contributed by atoms with E-state index in [1.165, 1.54) is 0 Å². The minimum absolute atomic E-state index is 0.105. The smallest absolute Gasteiger partial charge is 0.174 e. The minimum Gasteiger partial charge on any atom is -0.477 e. The lowest BCUT2D eigenvalue weighted by molar-refractivity contribution is 0.272. The molecule has 3 nitrogen and oxygen atoms in total. The summed E-state index contributed by atoms with van der Waals surface area (Å²) in [6.07, 6.45) is 0. The van der Waals surface area contributed by atoms with Crippen LogP contribution in [0, 0.1) is 16.7 Å². The molecule has 0 unspecified atom stereocenters. The number of anilines is 1. The second-order valence-electron chi connectivity index (χ2n) is 4.93. The van der Waals surface area contributed by atoms with Crippen molar-refractivity contribution in [2.24, 2.45) is 5.41 Å². The highest BCUT2D eigenvalue weighted by atomic mass is 16.5. The van der Waals surface area contributed by atoms with E-state index in [-0.39, 0.29) is 6.61 Å². The minimum atomic E-state index is 0.105. The monoisotopic (exact) mass is 216 g/mol. The van der Waals surface area contributed by atoms with Gasteiger partial charge in [0, 0.05) is 13.1 Å². The fraction of sp³-hybridized carbons (Fsp3) is 0.462. The van der Waals surface area contributed by atoms with Crippen molar-refractivity contribution in [2.75, 3.05) is 24.6 Å². The Morgan fingerprint density at radius 2 is 2.06 bits per heavy atom.